The quantitative estimate of drug-likeness (QED) is 0.499. The van der Waals surface area contributed by atoms with Gasteiger partial charge in [0, 0.05) is 9.50 Å². The number of benzene rings is 2. The number of esters is 1. The Hall–Kier alpha value is -2.71. The molecule has 2 aromatic rings. The van der Waals surface area contributed by atoms with Crippen LogP contribution in [0.5, 0.6) is 0 Å². The van der Waals surface area contributed by atoms with Crippen molar-refractivity contribution in [2.45, 2.75) is 13.0 Å². The van der Waals surface area contributed by atoms with Crippen LogP contribution in [0.3, 0.4) is 0 Å². The van der Waals surface area contributed by atoms with Crippen LogP contribution in [0, 0.1) is 5.92 Å². The Labute approximate surface area is 180 Å². The first-order valence-electron chi connectivity index (χ1n) is 8.86. The normalized spacial score (nSPS) is 20.7. The van der Waals surface area contributed by atoms with Crippen LogP contribution in [0.15, 0.2) is 58.1 Å². The highest BCUT2D eigenvalue weighted by Crippen LogP contribution is 2.38. The fourth-order valence-electron chi connectivity index (χ4n) is 3.47. The molecule has 0 aromatic heterocycles. The second-order valence-electron chi connectivity index (χ2n) is 6.44. The van der Waals surface area contributed by atoms with Crippen molar-refractivity contribution in [1.29, 1.82) is 0 Å². The second-order valence-corrected chi connectivity index (χ2v) is 7.79. The van der Waals surface area contributed by atoms with Gasteiger partial charge in [0.05, 0.1) is 18.0 Å². The van der Waals surface area contributed by atoms with Gasteiger partial charge in [0.25, 0.3) is 5.91 Å². The SMILES string of the molecule is CCOC(=O)C1=NN(c2ccc(Br)cc2)[C@@H]2C(=O)N(c3cccc(Cl)c3)C(=O)[C@@H]12. The van der Waals surface area contributed by atoms with Crippen molar-refractivity contribution < 1.29 is 19.1 Å². The van der Waals surface area contributed by atoms with E-state index < -0.39 is 29.7 Å². The molecule has 9 heteroatoms. The number of fused-ring (bicyclic) bond motifs is 1. The first-order chi connectivity index (χ1) is 13.9. The van der Waals surface area contributed by atoms with E-state index in [0.717, 1.165) is 9.37 Å². The predicted molar refractivity (Wildman–Crippen MR) is 112 cm³/mol. The number of ether oxygens (including phenoxy) is 1. The van der Waals surface area contributed by atoms with Gasteiger partial charge in [0.15, 0.2) is 5.71 Å². The molecule has 0 spiro atoms. The monoisotopic (exact) mass is 475 g/mol. The molecular formula is C20H15BrClN3O4. The van der Waals surface area contributed by atoms with Gasteiger partial charge in [-0.25, -0.2) is 9.69 Å². The molecule has 29 heavy (non-hydrogen) atoms. The van der Waals surface area contributed by atoms with E-state index in [1.54, 1.807) is 49.4 Å². The zero-order valence-electron chi connectivity index (χ0n) is 15.2. The fraction of sp³-hybridized carbons (Fsp3) is 0.200. The van der Waals surface area contributed by atoms with Crippen LogP contribution in [0.25, 0.3) is 0 Å². The highest BCUT2D eigenvalue weighted by molar-refractivity contribution is 9.10. The van der Waals surface area contributed by atoms with Gasteiger partial charge in [-0.15, -0.1) is 0 Å². The molecule has 0 aliphatic carbocycles. The average Bonchev–Trinajstić information content (AvgIpc) is 3.20. The molecule has 0 bridgehead atoms. The van der Waals surface area contributed by atoms with E-state index in [0.29, 0.717) is 16.4 Å². The topological polar surface area (TPSA) is 79.3 Å². The van der Waals surface area contributed by atoms with Gasteiger partial charge in [-0.2, -0.15) is 5.10 Å². The number of rotatable bonds is 4. The number of hydrogen-bond acceptors (Lipinski definition) is 6. The van der Waals surface area contributed by atoms with Crippen molar-refractivity contribution in [3.63, 3.8) is 0 Å². The lowest BCUT2D eigenvalue weighted by Crippen LogP contribution is -2.39. The Morgan fingerprint density at radius 3 is 2.52 bits per heavy atom. The third kappa shape index (κ3) is 3.32. The molecule has 0 N–H and O–H groups in total. The first kappa shape index (κ1) is 19.6. The average molecular weight is 477 g/mol. The maximum absolute atomic E-state index is 13.3. The van der Waals surface area contributed by atoms with E-state index in [4.69, 9.17) is 16.3 Å². The molecule has 1 saturated heterocycles. The number of hydrazone groups is 1. The molecule has 4 rings (SSSR count). The zero-order valence-corrected chi connectivity index (χ0v) is 17.6. The zero-order chi connectivity index (χ0) is 20.7. The van der Waals surface area contributed by atoms with Crippen molar-refractivity contribution in [2.24, 2.45) is 11.0 Å². The Balaban J connectivity index is 1.79. The number of hydrogen-bond donors (Lipinski definition) is 0. The Morgan fingerprint density at radius 2 is 1.86 bits per heavy atom. The highest BCUT2D eigenvalue weighted by atomic mass is 79.9. The predicted octanol–water partition coefficient (Wildman–Crippen LogP) is 3.40. The van der Waals surface area contributed by atoms with E-state index >= 15 is 0 Å². The maximum atomic E-state index is 13.3. The lowest BCUT2D eigenvalue weighted by molar-refractivity contribution is -0.136. The molecule has 0 saturated carbocycles. The van der Waals surface area contributed by atoms with Crippen LogP contribution in [0.2, 0.25) is 5.02 Å². The van der Waals surface area contributed by atoms with Crippen molar-refractivity contribution in [1.82, 2.24) is 0 Å². The van der Waals surface area contributed by atoms with Gasteiger partial charge in [0.2, 0.25) is 5.91 Å². The fourth-order valence-corrected chi connectivity index (χ4v) is 3.91. The number of nitrogens with zero attached hydrogens (tertiary/aromatic N) is 3. The van der Waals surface area contributed by atoms with Crippen LogP contribution in [-0.4, -0.2) is 36.1 Å². The Bertz CT molecular complexity index is 1040. The van der Waals surface area contributed by atoms with Gasteiger partial charge in [0.1, 0.15) is 12.0 Å². The summed E-state index contributed by atoms with van der Waals surface area (Å²) in [5, 5.41) is 6.11. The Kier molecular flexibility index (Phi) is 5.14. The molecular weight excluding hydrogens is 462 g/mol. The van der Waals surface area contributed by atoms with Gasteiger partial charge in [-0.3, -0.25) is 14.6 Å². The molecule has 2 amide bonds. The van der Waals surface area contributed by atoms with E-state index in [9.17, 15) is 14.4 Å². The minimum absolute atomic E-state index is 0.0809. The van der Waals surface area contributed by atoms with E-state index in [2.05, 4.69) is 21.0 Å². The van der Waals surface area contributed by atoms with E-state index in [-0.39, 0.29) is 12.3 Å². The maximum Gasteiger partial charge on any atom is 0.355 e. The van der Waals surface area contributed by atoms with Crippen LogP contribution in [0.4, 0.5) is 11.4 Å². The number of amides is 2. The van der Waals surface area contributed by atoms with Crippen LogP contribution < -0.4 is 9.91 Å². The smallest absolute Gasteiger partial charge is 0.355 e. The summed E-state index contributed by atoms with van der Waals surface area (Å²) in [7, 11) is 0. The van der Waals surface area contributed by atoms with Gasteiger partial charge in [-0.1, -0.05) is 33.6 Å². The molecule has 7 nitrogen and oxygen atoms in total. The van der Waals surface area contributed by atoms with Crippen molar-refractivity contribution in [3.8, 4) is 0 Å². The molecule has 2 aliphatic rings. The molecule has 1 fully saturated rings. The van der Waals surface area contributed by atoms with E-state index in [1.807, 2.05) is 0 Å². The summed E-state index contributed by atoms with van der Waals surface area (Å²) < 4.78 is 5.92. The molecule has 2 aliphatic heterocycles. The molecule has 0 radical (unpaired) electrons. The van der Waals surface area contributed by atoms with Crippen LogP contribution in [-0.2, 0) is 19.1 Å². The summed E-state index contributed by atoms with van der Waals surface area (Å²) in [5.41, 5.74) is 0.847. The third-order valence-electron chi connectivity index (χ3n) is 4.69. The van der Waals surface area contributed by atoms with E-state index in [1.165, 1.54) is 11.1 Å². The summed E-state index contributed by atoms with van der Waals surface area (Å²) in [6, 6.07) is 12.6. The Morgan fingerprint density at radius 1 is 1.14 bits per heavy atom. The summed E-state index contributed by atoms with van der Waals surface area (Å²) >= 11 is 9.40. The summed E-state index contributed by atoms with van der Waals surface area (Å²) in [4.78, 5) is 40.0. The standard InChI is InChI=1S/C20H15BrClN3O4/c1-2-29-20(28)16-15-17(25(23-16)13-8-6-11(21)7-9-13)19(27)24(18(15)26)14-5-3-4-12(22)10-14/h3-10,15,17H,2H2,1H3/t15-,17-/m0/s1. The van der Waals surface area contributed by atoms with Crippen LogP contribution in [0.1, 0.15) is 6.92 Å². The highest BCUT2D eigenvalue weighted by Gasteiger charge is 2.59. The third-order valence-corrected chi connectivity index (χ3v) is 5.46. The summed E-state index contributed by atoms with van der Waals surface area (Å²) in [5.74, 6) is -2.78. The first-order valence-corrected chi connectivity index (χ1v) is 10.0. The number of anilines is 2. The minimum atomic E-state index is -1.05. The molecule has 2 atom stereocenters. The number of carbonyl (C=O) groups is 3. The lowest BCUT2D eigenvalue weighted by Gasteiger charge is -2.22. The molecule has 2 aromatic carbocycles. The number of halogens is 2. The van der Waals surface area contributed by atoms with Crippen molar-refractivity contribution >= 4 is 62.4 Å². The summed E-state index contributed by atoms with van der Waals surface area (Å²) in [6.07, 6.45) is 0. The summed E-state index contributed by atoms with van der Waals surface area (Å²) in [6.45, 7) is 1.80. The lowest BCUT2D eigenvalue weighted by atomic mass is 9.98. The van der Waals surface area contributed by atoms with Gasteiger partial charge < -0.3 is 4.74 Å². The van der Waals surface area contributed by atoms with Gasteiger partial charge in [-0.05, 0) is 49.4 Å². The minimum Gasteiger partial charge on any atom is -0.461 e. The van der Waals surface area contributed by atoms with Crippen molar-refractivity contribution in [3.05, 3.63) is 58.0 Å². The van der Waals surface area contributed by atoms with Gasteiger partial charge >= 0.3 is 5.97 Å². The largest absolute Gasteiger partial charge is 0.461 e. The number of imide groups is 1. The number of carbonyl (C=O) groups excluding carboxylic acids is 3. The molecule has 2 heterocycles. The van der Waals surface area contributed by atoms with Crippen molar-refractivity contribution in [2.75, 3.05) is 16.5 Å². The molecule has 148 valence electrons. The molecule has 0 unspecified atom stereocenters. The van der Waals surface area contributed by atoms with Crippen LogP contribution >= 0.6 is 27.5 Å². The second kappa shape index (κ2) is 7.61.